The Morgan fingerprint density at radius 3 is 2.80 bits per heavy atom. The number of nitrogens with zero attached hydrogens (tertiary/aromatic N) is 1. The maximum atomic E-state index is 12.9. The first-order chi connectivity index (χ1) is 7.15. The molecule has 4 heteroatoms. The first-order valence-electron chi connectivity index (χ1n) is 4.42. The zero-order chi connectivity index (χ0) is 10.8. The van der Waals surface area contributed by atoms with E-state index in [1.165, 1.54) is 12.1 Å². The second-order valence-electron chi connectivity index (χ2n) is 3.21. The molecule has 0 atom stereocenters. The summed E-state index contributed by atoms with van der Waals surface area (Å²) in [5, 5.41) is 9.38. The topological polar surface area (TPSA) is 50.2 Å². The lowest BCUT2D eigenvalue weighted by Gasteiger charge is -2.00. The van der Waals surface area contributed by atoms with Crippen LogP contribution < -0.4 is 0 Å². The van der Waals surface area contributed by atoms with E-state index in [-0.39, 0.29) is 12.2 Å². The van der Waals surface area contributed by atoms with Gasteiger partial charge in [0.1, 0.15) is 5.82 Å². The lowest BCUT2D eigenvalue weighted by atomic mass is 10.2. The fraction of sp³-hybridized carbons (Fsp3) is 0.0909. The summed E-state index contributed by atoms with van der Waals surface area (Å²) < 4.78 is 12.9. The highest BCUT2D eigenvalue weighted by Gasteiger charge is 2.03. The molecule has 0 fully saturated rings. The third-order valence-corrected chi connectivity index (χ3v) is 2.04. The average Bonchev–Trinajstić information content (AvgIpc) is 2.16. The number of halogens is 1. The zero-order valence-corrected chi connectivity index (χ0v) is 7.77. The lowest BCUT2D eigenvalue weighted by molar-refractivity contribution is -0.136. The van der Waals surface area contributed by atoms with E-state index in [4.69, 9.17) is 5.11 Å². The van der Waals surface area contributed by atoms with Gasteiger partial charge in [-0.3, -0.25) is 9.78 Å². The van der Waals surface area contributed by atoms with Crippen LogP contribution >= 0.6 is 0 Å². The number of aromatic nitrogens is 1. The summed E-state index contributed by atoms with van der Waals surface area (Å²) in [6.07, 6.45) is -0.146. The fourth-order valence-corrected chi connectivity index (χ4v) is 1.39. The number of carboxylic acid groups (broad SMARTS) is 1. The van der Waals surface area contributed by atoms with E-state index < -0.39 is 5.97 Å². The second-order valence-corrected chi connectivity index (χ2v) is 3.21. The number of hydrogen-bond acceptors (Lipinski definition) is 2. The number of hydrogen-bond donors (Lipinski definition) is 1. The summed E-state index contributed by atoms with van der Waals surface area (Å²) in [7, 11) is 0. The Labute approximate surface area is 85.2 Å². The van der Waals surface area contributed by atoms with E-state index in [2.05, 4.69) is 4.98 Å². The molecule has 0 radical (unpaired) electrons. The molecule has 76 valence electrons. The first kappa shape index (κ1) is 9.58. The maximum absolute atomic E-state index is 12.9. The highest BCUT2D eigenvalue weighted by atomic mass is 19.1. The molecule has 1 heterocycles. The van der Waals surface area contributed by atoms with Gasteiger partial charge in [0.2, 0.25) is 0 Å². The fourth-order valence-electron chi connectivity index (χ4n) is 1.39. The molecule has 3 nitrogen and oxygen atoms in total. The van der Waals surface area contributed by atoms with E-state index >= 15 is 0 Å². The first-order valence-corrected chi connectivity index (χ1v) is 4.42. The van der Waals surface area contributed by atoms with Crippen molar-refractivity contribution in [3.63, 3.8) is 0 Å². The van der Waals surface area contributed by atoms with Gasteiger partial charge in [0, 0.05) is 11.5 Å². The molecule has 0 aliphatic heterocycles. The van der Waals surface area contributed by atoms with Crippen LogP contribution in [0.3, 0.4) is 0 Å². The Hall–Kier alpha value is -1.97. The number of fused-ring (bicyclic) bond motifs is 1. The summed E-state index contributed by atoms with van der Waals surface area (Å²) in [5.41, 5.74) is 0.911. The molecule has 1 N–H and O–H groups in total. The largest absolute Gasteiger partial charge is 0.481 e. The summed E-state index contributed by atoms with van der Waals surface area (Å²) in [6, 6.07) is 7.62. The van der Waals surface area contributed by atoms with Crippen LogP contribution in [0.5, 0.6) is 0 Å². The minimum Gasteiger partial charge on any atom is -0.481 e. The van der Waals surface area contributed by atoms with Crippen molar-refractivity contribution >= 4 is 16.9 Å². The van der Waals surface area contributed by atoms with Gasteiger partial charge >= 0.3 is 5.97 Å². The van der Waals surface area contributed by atoms with Crippen molar-refractivity contribution in [2.75, 3.05) is 0 Å². The number of carboxylic acids is 1. The maximum Gasteiger partial charge on any atom is 0.309 e. The lowest BCUT2D eigenvalue weighted by Crippen LogP contribution is -2.02. The van der Waals surface area contributed by atoms with Crippen LogP contribution in [0, 0.1) is 5.82 Å². The van der Waals surface area contributed by atoms with E-state index in [1.54, 1.807) is 18.2 Å². The van der Waals surface area contributed by atoms with E-state index in [0.717, 1.165) is 5.39 Å². The van der Waals surface area contributed by atoms with E-state index in [0.29, 0.717) is 11.2 Å². The van der Waals surface area contributed by atoms with Crippen LogP contribution in [-0.4, -0.2) is 16.1 Å². The number of rotatable bonds is 2. The van der Waals surface area contributed by atoms with Crippen LogP contribution in [0.25, 0.3) is 10.9 Å². The van der Waals surface area contributed by atoms with Gasteiger partial charge in [-0.15, -0.1) is 0 Å². The molecule has 0 unspecified atom stereocenters. The molecule has 0 spiro atoms. The Balaban J connectivity index is 2.49. The normalized spacial score (nSPS) is 10.5. The molecule has 1 aromatic carbocycles. The number of carbonyl (C=O) groups is 1. The monoisotopic (exact) mass is 205 g/mol. The van der Waals surface area contributed by atoms with Crippen molar-refractivity contribution < 1.29 is 14.3 Å². The third-order valence-electron chi connectivity index (χ3n) is 2.04. The van der Waals surface area contributed by atoms with Gasteiger partial charge in [-0.2, -0.15) is 0 Å². The predicted molar refractivity (Wildman–Crippen MR) is 53.0 cm³/mol. The molecule has 0 saturated carbocycles. The van der Waals surface area contributed by atoms with E-state index in [9.17, 15) is 9.18 Å². The summed E-state index contributed by atoms with van der Waals surface area (Å²) >= 11 is 0. The van der Waals surface area contributed by atoms with Crippen molar-refractivity contribution in [1.82, 2.24) is 4.98 Å². The SMILES string of the molecule is O=C(O)Cc1ccc2ccc(F)cc2n1. The van der Waals surface area contributed by atoms with Crippen molar-refractivity contribution in [2.24, 2.45) is 0 Å². The highest BCUT2D eigenvalue weighted by molar-refractivity contribution is 5.79. The molecular weight excluding hydrogens is 197 g/mol. The van der Waals surface area contributed by atoms with Gasteiger partial charge in [0.05, 0.1) is 17.6 Å². The molecule has 15 heavy (non-hydrogen) atoms. The predicted octanol–water partition coefficient (Wildman–Crippen LogP) is 2.00. The van der Waals surface area contributed by atoms with Crippen molar-refractivity contribution in [3.8, 4) is 0 Å². The number of benzene rings is 1. The summed E-state index contributed by atoms with van der Waals surface area (Å²) in [5.74, 6) is -1.32. The molecule has 1 aromatic heterocycles. The quantitative estimate of drug-likeness (QED) is 0.815. The van der Waals surface area contributed by atoms with Crippen LogP contribution in [0.4, 0.5) is 4.39 Å². The summed E-state index contributed by atoms with van der Waals surface area (Å²) in [6.45, 7) is 0. The van der Waals surface area contributed by atoms with Crippen molar-refractivity contribution in [1.29, 1.82) is 0 Å². The Kier molecular flexibility index (Phi) is 2.33. The van der Waals surface area contributed by atoms with E-state index in [1.807, 2.05) is 0 Å². The van der Waals surface area contributed by atoms with Gasteiger partial charge in [-0.05, 0) is 18.2 Å². The zero-order valence-electron chi connectivity index (χ0n) is 7.77. The minimum atomic E-state index is -0.946. The minimum absolute atomic E-state index is 0.146. The molecular formula is C11H8FNO2. The second kappa shape index (κ2) is 3.65. The average molecular weight is 205 g/mol. The molecule has 0 amide bonds. The molecule has 0 aliphatic carbocycles. The molecule has 2 rings (SSSR count). The van der Waals surface area contributed by atoms with Gasteiger partial charge in [-0.1, -0.05) is 6.07 Å². The van der Waals surface area contributed by atoms with Crippen LogP contribution in [0.2, 0.25) is 0 Å². The standard InChI is InChI=1S/C11H8FNO2/c12-8-3-1-7-2-4-9(6-11(14)15)13-10(7)5-8/h1-5H,6H2,(H,14,15). The van der Waals surface area contributed by atoms with Gasteiger partial charge in [0.15, 0.2) is 0 Å². The van der Waals surface area contributed by atoms with Gasteiger partial charge < -0.3 is 5.11 Å². The Morgan fingerprint density at radius 2 is 2.07 bits per heavy atom. The highest BCUT2D eigenvalue weighted by Crippen LogP contribution is 2.14. The number of pyridine rings is 1. The van der Waals surface area contributed by atoms with Gasteiger partial charge in [-0.25, -0.2) is 4.39 Å². The third kappa shape index (κ3) is 2.10. The van der Waals surface area contributed by atoms with Crippen LogP contribution in [0.1, 0.15) is 5.69 Å². The molecule has 0 bridgehead atoms. The smallest absolute Gasteiger partial charge is 0.309 e. The Bertz CT molecular complexity index is 525. The summed E-state index contributed by atoms with van der Waals surface area (Å²) in [4.78, 5) is 14.5. The molecule has 0 saturated heterocycles. The molecule has 2 aromatic rings. The van der Waals surface area contributed by atoms with Crippen LogP contribution in [-0.2, 0) is 11.2 Å². The van der Waals surface area contributed by atoms with Crippen LogP contribution in [0.15, 0.2) is 30.3 Å². The molecule has 0 aliphatic rings. The van der Waals surface area contributed by atoms with Crippen molar-refractivity contribution in [2.45, 2.75) is 6.42 Å². The number of aliphatic carboxylic acids is 1. The van der Waals surface area contributed by atoms with Gasteiger partial charge in [0.25, 0.3) is 0 Å². The Morgan fingerprint density at radius 1 is 1.33 bits per heavy atom. The van der Waals surface area contributed by atoms with Crippen molar-refractivity contribution in [3.05, 3.63) is 41.8 Å².